The maximum Gasteiger partial charge on any atom is 0.167 e. The molecule has 0 fully saturated rings. The van der Waals surface area contributed by atoms with Crippen LogP contribution in [0.3, 0.4) is 0 Å². The van der Waals surface area contributed by atoms with Crippen molar-refractivity contribution in [3.8, 4) is 0 Å². The molecule has 0 unspecified atom stereocenters. The molecular weight excluding hydrogens is 338 g/mol. The van der Waals surface area contributed by atoms with Crippen LogP contribution in [0.5, 0.6) is 0 Å². The van der Waals surface area contributed by atoms with Crippen molar-refractivity contribution in [1.82, 2.24) is 0 Å². The van der Waals surface area contributed by atoms with Gasteiger partial charge in [0.05, 0.1) is 9.50 Å². The summed E-state index contributed by atoms with van der Waals surface area (Å²) in [7, 11) is 0. The molecule has 0 aliphatic carbocycles. The quantitative estimate of drug-likeness (QED) is 0.730. The average molecular weight is 346 g/mol. The molecule has 0 N–H and O–H groups in total. The Morgan fingerprint density at radius 1 is 1.21 bits per heavy atom. The number of benzene rings is 2. The first-order valence-corrected chi connectivity index (χ1v) is 6.57. The summed E-state index contributed by atoms with van der Waals surface area (Å²) in [6.45, 7) is 0. The van der Waals surface area contributed by atoms with Crippen LogP contribution in [0, 0.1) is 11.6 Å². The van der Waals surface area contributed by atoms with E-state index in [4.69, 9.17) is 11.6 Å². The van der Waals surface area contributed by atoms with Gasteiger partial charge in [-0.2, -0.15) is 0 Å². The number of carbonyl (C=O) groups is 1. The van der Waals surface area contributed by atoms with Crippen LogP contribution in [0.25, 0.3) is 0 Å². The minimum Gasteiger partial charge on any atom is -0.294 e. The normalized spacial score (nSPS) is 10.5. The Bertz CT molecular complexity index is 643. The Balaban J connectivity index is 2.26. The van der Waals surface area contributed by atoms with Crippen molar-refractivity contribution in [3.63, 3.8) is 0 Å². The molecule has 0 radical (unpaired) electrons. The second kappa shape index (κ2) is 5.80. The average Bonchev–Trinajstić information content (AvgIpc) is 2.38. The number of Topliss-reactive ketones (excluding diaryl/α,β-unsaturated/α-hetero) is 1. The smallest absolute Gasteiger partial charge is 0.167 e. The van der Waals surface area contributed by atoms with Crippen LogP contribution in [-0.4, -0.2) is 5.78 Å². The second-order valence-corrected chi connectivity index (χ2v) is 5.20. The van der Waals surface area contributed by atoms with E-state index in [0.717, 1.165) is 6.07 Å². The van der Waals surface area contributed by atoms with Gasteiger partial charge in [0.25, 0.3) is 0 Å². The molecule has 0 aliphatic heterocycles. The molecule has 0 amide bonds. The summed E-state index contributed by atoms with van der Waals surface area (Å²) in [5.74, 6) is -1.51. The molecule has 5 heteroatoms. The topological polar surface area (TPSA) is 17.1 Å². The van der Waals surface area contributed by atoms with Crippen molar-refractivity contribution in [2.24, 2.45) is 0 Å². The highest BCUT2D eigenvalue weighted by Gasteiger charge is 2.13. The third-order valence-electron chi connectivity index (χ3n) is 2.62. The van der Waals surface area contributed by atoms with E-state index in [1.807, 2.05) is 0 Å². The first-order chi connectivity index (χ1) is 8.99. The molecule has 2 rings (SSSR count). The molecule has 0 bridgehead atoms. The fourth-order valence-electron chi connectivity index (χ4n) is 1.63. The summed E-state index contributed by atoms with van der Waals surface area (Å²) < 4.78 is 27.3. The van der Waals surface area contributed by atoms with Gasteiger partial charge in [-0.05, 0) is 39.7 Å². The molecule has 0 saturated carbocycles. The zero-order chi connectivity index (χ0) is 14.0. The van der Waals surface area contributed by atoms with Crippen LogP contribution < -0.4 is 0 Å². The summed E-state index contributed by atoms with van der Waals surface area (Å²) in [4.78, 5) is 11.9. The Morgan fingerprint density at radius 2 is 1.95 bits per heavy atom. The maximum absolute atomic E-state index is 13.7. The van der Waals surface area contributed by atoms with E-state index in [-0.39, 0.29) is 32.8 Å². The summed E-state index contributed by atoms with van der Waals surface area (Å²) in [6, 6.07) is 8.50. The zero-order valence-corrected chi connectivity index (χ0v) is 11.9. The molecule has 0 spiro atoms. The lowest BCUT2D eigenvalue weighted by Gasteiger charge is -2.05. The SMILES string of the molecule is O=C(Cc1cccc(Cl)c1F)c1ccc(Br)c(F)c1. The van der Waals surface area contributed by atoms with Crippen LogP contribution in [-0.2, 0) is 6.42 Å². The van der Waals surface area contributed by atoms with E-state index in [2.05, 4.69) is 15.9 Å². The molecule has 2 aromatic carbocycles. The largest absolute Gasteiger partial charge is 0.294 e. The third-order valence-corrected chi connectivity index (χ3v) is 3.56. The summed E-state index contributed by atoms with van der Waals surface area (Å²) in [5, 5.41) is -0.0349. The maximum atomic E-state index is 13.7. The van der Waals surface area contributed by atoms with E-state index >= 15 is 0 Å². The Hall–Kier alpha value is -1.26. The van der Waals surface area contributed by atoms with Gasteiger partial charge in [0.1, 0.15) is 11.6 Å². The van der Waals surface area contributed by atoms with Gasteiger partial charge in [-0.25, -0.2) is 8.78 Å². The molecule has 2 aromatic rings. The van der Waals surface area contributed by atoms with Crippen molar-refractivity contribution in [3.05, 3.63) is 68.7 Å². The molecular formula is C14H8BrClF2O. The number of rotatable bonds is 3. The lowest BCUT2D eigenvalue weighted by molar-refractivity contribution is 0.0991. The number of hydrogen-bond donors (Lipinski definition) is 0. The third kappa shape index (κ3) is 3.19. The molecule has 0 aromatic heterocycles. The van der Waals surface area contributed by atoms with Crippen molar-refractivity contribution in [2.45, 2.75) is 6.42 Å². The van der Waals surface area contributed by atoms with E-state index in [1.165, 1.54) is 24.3 Å². The lowest BCUT2D eigenvalue weighted by Crippen LogP contribution is -2.06. The van der Waals surface area contributed by atoms with Crippen molar-refractivity contribution in [1.29, 1.82) is 0 Å². The van der Waals surface area contributed by atoms with Crippen LogP contribution in [0.1, 0.15) is 15.9 Å². The molecule has 1 nitrogen and oxygen atoms in total. The number of ketones is 1. The standard InChI is InChI=1S/C14H8BrClF2O/c15-10-5-4-8(6-12(10)17)13(19)7-9-2-1-3-11(16)14(9)18/h1-6H,7H2. The lowest BCUT2D eigenvalue weighted by atomic mass is 10.0. The molecule has 0 heterocycles. The van der Waals surface area contributed by atoms with Gasteiger partial charge in [-0.1, -0.05) is 29.8 Å². The summed E-state index contributed by atoms with van der Waals surface area (Å²) in [6.07, 6.45) is -0.159. The van der Waals surface area contributed by atoms with Crippen molar-refractivity contribution < 1.29 is 13.6 Å². The van der Waals surface area contributed by atoms with Gasteiger partial charge in [0.2, 0.25) is 0 Å². The first kappa shape index (κ1) is 14.2. The highest BCUT2D eigenvalue weighted by atomic mass is 79.9. The van der Waals surface area contributed by atoms with E-state index in [9.17, 15) is 13.6 Å². The predicted molar refractivity (Wildman–Crippen MR) is 73.5 cm³/mol. The van der Waals surface area contributed by atoms with Gasteiger partial charge in [0, 0.05) is 12.0 Å². The number of hydrogen-bond acceptors (Lipinski definition) is 1. The molecule has 0 atom stereocenters. The Labute approximate surface area is 122 Å². The van der Waals surface area contributed by atoms with Crippen molar-refractivity contribution in [2.75, 3.05) is 0 Å². The summed E-state index contributed by atoms with van der Waals surface area (Å²) in [5.41, 5.74) is 0.390. The second-order valence-electron chi connectivity index (χ2n) is 3.94. The van der Waals surface area contributed by atoms with Gasteiger partial charge >= 0.3 is 0 Å². The Morgan fingerprint density at radius 3 is 2.63 bits per heavy atom. The fraction of sp³-hybridized carbons (Fsp3) is 0.0714. The van der Waals surface area contributed by atoms with E-state index in [1.54, 1.807) is 6.07 Å². The first-order valence-electron chi connectivity index (χ1n) is 5.40. The minimum atomic E-state index is -0.616. The number of carbonyl (C=O) groups excluding carboxylic acids is 1. The molecule has 98 valence electrons. The predicted octanol–water partition coefficient (Wildman–Crippen LogP) is 4.81. The molecule has 19 heavy (non-hydrogen) atoms. The van der Waals surface area contributed by atoms with Gasteiger partial charge in [-0.3, -0.25) is 4.79 Å². The highest BCUT2D eigenvalue weighted by molar-refractivity contribution is 9.10. The molecule has 0 aliphatic rings. The zero-order valence-electron chi connectivity index (χ0n) is 9.59. The van der Waals surface area contributed by atoms with Crippen LogP contribution in [0.15, 0.2) is 40.9 Å². The van der Waals surface area contributed by atoms with Crippen LogP contribution in [0.2, 0.25) is 5.02 Å². The van der Waals surface area contributed by atoms with Crippen LogP contribution >= 0.6 is 27.5 Å². The van der Waals surface area contributed by atoms with Gasteiger partial charge in [0.15, 0.2) is 5.78 Å². The minimum absolute atomic E-state index is 0.0349. The van der Waals surface area contributed by atoms with Crippen LogP contribution in [0.4, 0.5) is 8.78 Å². The monoisotopic (exact) mass is 344 g/mol. The van der Waals surface area contributed by atoms with E-state index in [0.29, 0.717) is 0 Å². The summed E-state index contributed by atoms with van der Waals surface area (Å²) >= 11 is 8.64. The highest BCUT2D eigenvalue weighted by Crippen LogP contribution is 2.21. The molecule has 0 saturated heterocycles. The van der Waals surface area contributed by atoms with Gasteiger partial charge < -0.3 is 0 Å². The van der Waals surface area contributed by atoms with Crippen molar-refractivity contribution >= 4 is 33.3 Å². The Kier molecular flexibility index (Phi) is 4.32. The van der Waals surface area contributed by atoms with Gasteiger partial charge in [-0.15, -0.1) is 0 Å². The fourth-order valence-corrected chi connectivity index (χ4v) is 2.07. The van der Waals surface area contributed by atoms with E-state index < -0.39 is 11.6 Å². The number of halogens is 4.